The van der Waals surface area contributed by atoms with E-state index in [1.54, 1.807) is 18.2 Å². The van der Waals surface area contributed by atoms with Crippen LogP contribution in [0, 0.1) is 0 Å². The Morgan fingerprint density at radius 3 is 3.00 bits per heavy atom. The van der Waals surface area contributed by atoms with Crippen LogP contribution in [0.3, 0.4) is 0 Å². The fraction of sp³-hybridized carbons (Fsp3) is 0.417. The predicted molar refractivity (Wildman–Crippen MR) is 69.0 cm³/mol. The third-order valence-corrected chi connectivity index (χ3v) is 3.93. The molecule has 6 heteroatoms. The minimum atomic E-state index is -0.839. The lowest BCUT2D eigenvalue weighted by atomic mass is 10.2. The van der Waals surface area contributed by atoms with Crippen molar-refractivity contribution in [1.29, 1.82) is 0 Å². The lowest BCUT2D eigenvalue weighted by molar-refractivity contribution is -0.138. The van der Waals surface area contributed by atoms with Gasteiger partial charge in [-0.3, -0.25) is 10.1 Å². The molecule has 0 bridgehead atoms. The number of phenolic OH excluding ortho intramolecular Hbond substituents is 1. The molecule has 1 fully saturated rings. The Bertz CT molecular complexity index is 452. The number of aliphatic carboxylic acids is 1. The second kappa shape index (κ2) is 5.49. The van der Waals surface area contributed by atoms with E-state index in [0.29, 0.717) is 18.1 Å². The van der Waals surface area contributed by atoms with Gasteiger partial charge in [-0.1, -0.05) is 6.07 Å². The maximum atomic E-state index is 10.9. The van der Waals surface area contributed by atoms with Crippen molar-refractivity contribution in [3.8, 4) is 11.5 Å². The summed E-state index contributed by atoms with van der Waals surface area (Å²) in [6, 6.07) is 4.56. The minimum Gasteiger partial charge on any atom is -0.504 e. The van der Waals surface area contributed by atoms with Crippen molar-refractivity contribution in [2.75, 3.05) is 12.4 Å². The third-order valence-electron chi connectivity index (χ3n) is 2.67. The van der Waals surface area contributed by atoms with Gasteiger partial charge in [0.15, 0.2) is 11.5 Å². The van der Waals surface area contributed by atoms with Gasteiger partial charge in [0.2, 0.25) is 0 Å². The maximum Gasteiger partial charge on any atom is 0.321 e. The predicted octanol–water partition coefficient (Wildman–Crippen LogP) is 1.58. The lowest BCUT2D eigenvalue weighted by Gasteiger charge is -2.13. The Morgan fingerprint density at radius 2 is 2.39 bits per heavy atom. The summed E-state index contributed by atoms with van der Waals surface area (Å²) in [6.07, 6.45) is 0. The van der Waals surface area contributed by atoms with Crippen LogP contribution < -0.4 is 10.1 Å². The molecule has 1 aliphatic heterocycles. The van der Waals surface area contributed by atoms with Gasteiger partial charge in [-0.15, -0.1) is 11.8 Å². The zero-order valence-corrected chi connectivity index (χ0v) is 10.7. The maximum absolute atomic E-state index is 10.9. The molecule has 0 spiro atoms. The molecule has 1 saturated heterocycles. The Morgan fingerprint density at radius 1 is 1.61 bits per heavy atom. The first-order chi connectivity index (χ1) is 8.61. The van der Waals surface area contributed by atoms with Crippen LogP contribution in [-0.4, -0.2) is 34.6 Å². The molecule has 18 heavy (non-hydrogen) atoms. The summed E-state index contributed by atoms with van der Waals surface area (Å²) < 4.78 is 5.31. The summed E-state index contributed by atoms with van der Waals surface area (Å²) in [5.41, 5.74) is 0.907. The molecule has 0 saturated carbocycles. The molecule has 2 rings (SSSR count). The van der Waals surface area contributed by atoms with Crippen molar-refractivity contribution in [2.45, 2.75) is 18.3 Å². The molecule has 0 aromatic heterocycles. The van der Waals surface area contributed by atoms with Crippen LogP contribution in [0.1, 0.15) is 17.9 Å². The standard InChI is InChI=1S/C12H15NO4S/c1-2-17-10-5-7(3-4-9(10)14)11-13-8(6-18-11)12(15)16/h3-5,8,11,13-14H,2,6H2,1H3,(H,15,16)/t8-,11-/m0/s1. The normalized spacial score (nSPS) is 22.9. The van der Waals surface area contributed by atoms with Crippen LogP contribution in [0.4, 0.5) is 0 Å². The quantitative estimate of drug-likeness (QED) is 0.770. The van der Waals surface area contributed by atoms with Crippen LogP contribution >= 0.6 is 11.8 Å². The molecule has 5 nitrogen and oxygen atoms in total. The van der Waals surface area contributed by atoms with E-state index >= 15 is 0 Å². The van der Waals surface area contributed by atoms with Gasteiger partial charge in [0.1, 0.15) is 6.04 Å². The zero-order chi connectivity index (χ0) is 13.1. The van der Waals surface area contributed by atoms with Crippen molar-refractivity contribution >= 4 is 17.7 Å². The molecular weight excluding hydrogens is 254 g/mol. The van der Waals surface area contributed by atoms with Gasteiger partial charge >= 0.3 is 5.97 Å². The molecular formula is C12H15NO4S. The molecule has 0 unspecified atom stereocenters. The Hall–Kier alpha value is -1.40. The fourth-order valence-electron chi connectivity index (χ4n) is 1.77. The highest BCUT2D eigenvalue weighted by molar-refractivity contribution is 7.99. The van der Waals surface area contributed by atoms with Crippen molar-refractivity contribution < 1.29 is 19.7 Å². The summed E-state index contributed by atoms with van der Waals surface area (Å²) in [7, 11) is 0. The molecule has 1 aromatic carbocycles. The summed E-state index contributed by atoms with van der Waals surface area (Å²) >= 11 is 1.54. The zero-order valence-electron chi connectivity index (χ0n) is 9.92. The molecule has 1 aliphatic rings. The number of carboxylic acids is 1. The SMILES string of the molecule is CCOc1cc([C@H]2N[C@H](C(=O)O)CS2)ccc1O. The van der Waals surface area contributed by atoms with E-state index < -0.39 is 12.0 Å². The number of ether oxygens (including phenoxy) is 1. The van der Waals surface area contributed by atoms with Crippen molar-refractivity contribution in [1.82, 2.24) is 5.32 Å². The summed E-state index contributed by atoms with van der Waals surface area (Å²) in [5, 5.41) is 21.5. The Balaban J connectivity index is 2.14. The highest BCUT2D eigenvalue weighted by Crippen LogP contribution is 2.37. The molecule has 2 atom stereocenters. The molecule has 3 N–H and O–H groups in total. The van der Waals surface area contributed by atoms with Crippen LogP contribution in [0.25, 0.3) is 0 Å². The van der Waals surface area contributed by atoms with Crippen LogP contribution in [0.2, 0.25) is 0 Å². The molecule has 0 aliphatic carbocycles. The van der Waals surface area contributed by atoms with E-state index in [4.69, 9.17) is 9.84 Å². The van der Waals surface area contributed by atoms with Crippen LogP contribution in [0.15, 0.2) is 18.2 Å². The van der Waals surface area contributed by atoms with E-state index in [2.05, 4.69) is 5.32 Å². The average Bonchev–Trinajstić information content (AvgIpc) is 2.82. The summed E-state index contributed by atoms with van der Waals surface area (Å²) in [4.78, 5) is 10.9. The average molecular weight is 269 g/mol. The number of carboxylic acid groups (broad SMARTS) is 1. The number of aromatic hydroxyl groups is 1. The van der Waals surface area contributed by atoms with E-state index in [0.717, 1.165) is 5.56 Å². The lowest BCUT2D eigenvalue weighted by Crippen LogP contribution is -2.33. The number of phenols is 1. The van der Waals surface area contributed by atoms with Gasteiger partial charge in [-0.05, 0) is 24.6 Å². The first-order valence-electron chi connectivity index (χ1n) is 5.68. The van der Waals surface area contributed by atoms with Gasteiger partial charge in [0.05, 0.1) is 12.0 Å². The monoisotopic (exact) mass is 269 g/mol. The summed E-state index contributed by atoms with van der Waals surface area (Å²) in [6.45, 7) is 2.31. The van der Waals surface area contributed by atoms with E-state index in [-0.39, 0.29) is 11.1 Å². The first-order valence-corrected chi connectivity index (χ1v) is 6.73. The highest BCUT2D eigenvalue weighted by atomic mass is 32.2. The number of nitrogens with one attached hydrogen (secondary N) is 1. The van der Waals surface area contributed by atoms with Gasteiger partial charge in [-0.2, -0.15) is 0 Å². The Kier molecular flexibility index (Phi) is 3.98. The number of carbonyl (C=O) groups is 1. The molecule has 1 aromatic rings. The number of hydrogen-bond acceptors (Lipinski definition) is 5. The van der Waals surface area contributed by atoms with E-state index in [1.807, 2.05) is 6.92 Å². The van der Waals surface area contributed by atoms with Gasteiger partial charge in [0.25, 0.3) is 0 Å². The number of benzene rings is 1. The first kappa shape index (κ1) is 13.0. The van der Waals surface area contributed by atoms with Gasteiger partial charge < -0.3 is 14.9 Å². The van der Waals surface area contributed by atoms with E-state index in [9.17, 15) is 9.90 Å². The third kappa shape index (κ3) is 2.70. The van der Waals surface area contributed by atoms with Crippen molar-refractivity contribution in [3.05, 3.63) is 23.8 Å². The number of hydrogen-bond donors (Lipinski definition) is 3. The van der Waals surface area contributed by atoms with Crippen molar-refractivity contribution in [3.63, 3.8) is 0 Å². The highest BCUT2D eigenvalue weighted by Gasteiger charge is 2.30. The molecule has 0 radical (unpaired) electrons. The van der Waals surface area contributed by atoms with Gasteiger partial charge in [-0.25, -0.2) is 0 Å². The number of rotatable bonds is 4. The van der Waals surface area contributed by atoms with Crippen LogP contribution in [0.5, 0.6) is 11.5 Å². The van der Waals surface area contributed by atoms with Crippen LogP contribution in [-0.2, 0) is 4.79 Å². The largest absolute Gasteiger partial charge is 0.504 e. The molecule has 1 heterocycles. The minimum absolute atomic E-state index is 0.0779. The second-order valence-corrected chi connectivity index (χ2v) is 5.07. The fourth-order valence-corrected chi connectivity index (χ4v) is 2.99. The van der Waals surface area contributed by atoms with E-state index in [1.165, 1.54) is 11.8 Å². The number of thioether (sulfide) groups is 1. The Labute approximate surface area is 109 Å². The molecule has 0 amide bonds. The topological polar surface area (TPSA) is 78.8 Å². The van der Waals surface area contributed by atoms with Crippen molar-refractivity contribution in [2.24, 2.45) is 0 Å². The van der Waals surface area contributed by atoms with Gasteiger partial charge in [0, 0.05) is 5.75 Å². The summed E-state index contributed by atoms with van der Waals surface area (Å²) in [5.74, 6) is 0.216. The smallest absolute Gasteiger partial charge is 0.321 e. The second-order valence-electron chi connectivity index (χ2n) is 3.93. The molecule has 98 valence electrons.